The molecule has 5 heterocycles. The fourth-order valence-electron chi connectivity index (χ4n) is 5.61. The number of pyridine rings is 2. The van der Waals surface area contributed by atoms with E-state index < -0.39 is 5.97 Å². The van der Waals surface area contributed by atoms with Crippen molar-refractivity contribution in [2.45, 2.75) is 32.2 Å². The molecule has 0 saturated carbocycles. The molecule has 10 nitrogen and oxygen atoms in total. The van der Waals surface area contributed by atoms with E-state index in [0.29, 0.717) is 25.6 Å². The van der Waals surface area contributed by atoms with Crippen molar-refractivity contribution in [1.82, 2.24) is 24.4 Å². The van der Waals surface area contributed by atoms with Gasteiger partial charge in [-0.25, -0.2) is 9.78 Å². The van der Waals surface area contributed by atoms with Crippen molar-refractivity contribution in [3.05, 3.63) is 90.0 Å². The van der Waals surface area contributed by atoms with Crippen LogP contribution in [0.1, 0.15) is 28.3 Å². The maximum atomic E-state index is 11.6. The highest BCUT2D eigenvalue weighted by Crippen LogP contribution is 2.25. The van der Waals surface area contributed by atoms with Crippen molar-refractivity contribution in [3.63, 3.8) is 0 Å². The number of carbonyl (C=O) groups is 1. The monoisotopic (exact) mass is 564 g/mol. The highest BCUT2D eigenvalue weighted by atomic mass is 16.5. The normalized spacial score (nSPS) is 17.4. The Balaban J connectivity index is 1.000. The van der Waals surface area contributed by atoms with Crippen LogP contribution in [0.4, 0.5) is 5.82 Å². The highest BCUT2D eigenvalue weighted by Gasteiger charge is 2.25. The third-order valence-corrected chi connectivity index (χ3v) is 8.08. The third-order valence-electron chi connectivity index (χ3n) is 8.08. The Bertz CT molecular complexity index is 1740. The summed E-state index contributed by atoms with van der Waals surface area (Å²) in [4.78, 5) is 30.5. The molecule has 1 N–H and O–H groups in total. The maximum Gasteiger partial charge on any atom is 0.335 e. The van der Waals surface area contributed by atoms with Gasteiger partial charge in [-0.1, -0.05) is 30.3 Å². The van der Waals surface area contributed by atoms with Crippen LogP contribution in [-0.2, 0) is 24.4 Å². The van der Waals surface area contributed by atoms with Gasteiger partial charge in [0.15, 0.2) is 0 Å². The molecule has 0 radical (unpaired) electrons. The fourth-order valence-corrected chi connectivity index (χ4v) is 5.61. The molecule has 2 aromatic carbocycles. The number of piperazine rings is 1. The van der Waals surface area contributed by atoms with Gasteiger partial charge >= 0.3 is 5.97 Å². The van der Waals surface area contributed by atoms with Crippen molar-refractivity contribution in [2.24, 2.45) is 0 Å². The van der Waals surface area contributed by atoms with Crippen LogP contribution in [0.3, 0.4) is 0 Å². The first kappa shape index (κ1) is 26.4. The number of nitrogens with zero attached hydrogens (tertiary/aromatic N) is 6. The minimum Gasteiger partial charge on any atom is -0.478 e. The number of carboxylic acids is 1. The van der Waals surface area contributed by atoms with Crippen molar-refractivity contribution >= 4 is 33.6 Å². The average molecular weight is 565 g/mol. The van der Waals surface area contributed by atoms with Gasteiger partial charge in [-0.15, -0.1) is 0 Å². The molecule has 0 aliphatic carbocycles. The summed E-state index contributed by atoms with van der Waals surface area (Å²) in [6, 6.07) is 21.2. The van der Waals surface area contributed by atoms with Crippen molar-refractivity contribution in [1.29, 1.82) is 0 Å². The zero-order chi connectivity index (χ0) is 28.5. The van der Waals surface area contributed by atoms with E-state index in [1.54, 1.807) is 18.2 Å². The summed E-state index contributed by atoms with van der Waals surface area (Å²) in [5, 5.41) is 11.8. The molecular formula is C32H32N6O4. The van der Waals surface area contributed by atoms with Gasteiger partial charge in [0.05, 0.1) is 41.5 Å². The molecule has 2 aliphatic rings. The smallest absolute Gasteiger partial charge is 0.335 e. The second-order valence-electron chi connectivity index (χ2n) is 10.8. The number of anilines is 1. The van der Waals surface area contributed by atoms with Gasteiger partial charge in [-0.05, 0) is 42.1 Å². The number of fused-ring (bicyclic) bond motifs is 2. The number of hydrogen-bond donors (Lipinski definition) is 1. The van der Waals surface area contributed by atoms with Gasteiger partial charge in [0, 0.05) is 50.4 Å². The molecule has 0 spiro atoms. The Labute approximate surface area is 243 Å². The van der Waals surface area contributed by atoms with Crippen LogP contribution in [0.2, 0.25) is 0 Å². The number of rotatable bonds is 9. The average Bonchev–Trinajstić information content (AvgIpc) is 3.34. The molecular weight excluding hydrogens is 532 g/mol. The zero-order valence-corrected chi connectivity index (χ0v) is 23.2. The Morgan fingerprint density at radius 3 is 2.60 bits per heavy atom. The van der Waals surface area contributed by atoms with Crippen LogP contribution in [0, 0.1) is 0 Å². The van der Waals surface area contributed by atoms with Crippen LogP contribution < -0.4 is 9.64 Å². The van der Waals surface area contributed by atoms with Crippen LogP contribution in [0.5, 0.6) is 5.88 Å². The summed E-state index contributed by atoms with van der Waals surface area (Å²) in [5.74, 6) is 1.48. The van der Waals surface area contributed by atoms with E-state index >= 15 is 0 Å². The van der Waals surface area contributed by atoms with E-state index in [1.165, 1.54) is 0 Å². The molecule has 2 aliphatic heterocycles. The minimum atomic E-state index is -0.935. The lowest BCUT2D eigenvalue weighted by Gasteiger charge is -2.35. The van der Waals surface area contributed by atoms with E-state index in [-0.39, 0.29) is 11.7 Å². The number of ether oxygens (including phenoxy) is 2. The molecule has 3 aromatic heterocycles. The summed E-state index contributed by atoms with van der Waals surface area (Å²) >= 11 is 0. The van der Waals surface area contributed by atoms with E-state index in [4.69, 9.17) is 19.4 Å². The number of benzene rings is 2. The van der Waals surface area contributed by atoms with Crippen LogP contribution >= 0.6 is 0 Å². The van der Waals surface area contributed by atoms with Crippen LogP contribution in [-0.4, -0.2) is 74.4 Å². The first-order valence-corrected chi connectivity index (χ1v) is 14.3. The van der Waals surface area contributed by atoms with Gasteiger partial charge in [-0.2, -0.15) is 4.98 Å². The minimum absolute atomic E-state index is 0.143. The van der Waals surface area contributed by atoms with Gasteiger partial charge < -0.3 is 24.0 Å². The summed E-state index contributed by atoms with van der Waals surface area (Å²) in [5.41, 5.74) is 2.79. The molecule has 1 atom stereocenters. The number of imidazole rings is 1. The van der Waals surface area contributed by atoms with Crippen molar-refractivity contribution in [2.75, 3.05) is 37.7 Å². The van der Waals surface area contributed by atoms with Crippen molar-refractivity contribution < 1.29 is 19.4 Å². The van der Waals surface area contributed by atoms with Gasteiger partial charge in [-0.3, -0.25) is 9.88 Å². The van der Waals surface area contributed by atoms with Crippen LogP contribution in [0.25, 0.3) is 21.8 Å². The highest BCUT2D eigenvalue weighted by molar-refractivity contribution is 5.92. The molecule has 7 rings (SSSR count). The van der Waals surface area contributed by atoms with Gasteiger partial charge in [0.2, 0.25) is 5.88 Å². The number of carboxylic acid groups (broad SMARTS) is 1. The molecule has 42 heavy (non-hydrogen) atoms. The van der Waals surface area contributed by atoms with E-state index in [9.17, 15) is 9.90 Å². The maximum absolute atomic E-state index is 11.6. The lowest BCUT2D eigenvalue weighted by atomic mass is 10.1. The summed E-state index contributed by atoms with van der Waals surface area (Å²) < 4.78 is 13.9. The van der Waals surface area contributed by atoms with Crippen molar-refractivity contribution in [3.8, 4) is 5.88 Å². The molecule has 214 valence electrons. The lowest BCUT2D eigenvalue weighted by molar-refractivity contribution is -0.0592. The molecule has 2 fully saturated rings. The van der Waals surface area contributed by atoms with Gasteiger partial charge in [0.25, 0.3) is 0 Å². The molecule has 0 bridgehead atoms. The standard InChI is InChI=1S/C32H32N6O4/c39-32(40)23-8-9-27-28(17-23)38(19-26-10-15-41-26)30(34-27)20-36-11-13-37(14-12-36)29-6-3-7-31(35-29)42-21-25-16-22-4-1-2-5-24(22)18-33-25/h1-9,16-18,26H,10-15,19-21H2,(H,39,40). The Morgan fingerprint density at radius 2 is 1.81 bits per heavy atom. The topological polar surface area (TPSA) is 106 Å². The SMILES string of the molecule is O=C(O)c1ccc2nc(CN3CCN(c4cccc(OCc5cc6ccccc6cn5)n4)CC3)n(CC3CCO3)c2c1. The number of aromatic carboxylic acids is 1. The predicted molar refractivity (Wildman–Crippen MR) is 159 cm³/mol. The Morgan fingerprint density at radius 1 is 0.976 bits per heavy atom. The molecule has 2 saturated heterocycles. The Kier molecular flexibility index (Phi) is 7.15. The number of aromatic nitrogens is 4. The summed E-state index contributed by atoms with van der Waals surface area (Å²) in [6.07, 6.45) is 3.02. The third kappa shape index (κ3) is 5.50. The zero-order valence-electron chi connectivity index (χ0n) is 23.2. The first-order valence-electron chi connectivity index (χ1n) is 14.3. The quantitative estimate of drug-likeness (QED) is 0.279. The predicted octanol–water partition coefficient (Wildman–Crippen LogP) is 4.37. The summed E-state index contributed by atoms with van der Waals surface area (Å²) in [6.45, 7) is 5.88. The van der Waals surface area contributed by atoms with E-state index in [1.807, 2.05) is 36.5 Å². The van der Waals surface area contributed by atoms with Crippen LogP contribution in [0.15, 0.2) is 72.9 Å². The largest absolute Gasteiger partial charge is 0.478 e. The van der Waals surface area contributed by atoms with E-state index in [0.717, 1.165) is 78.3 Å². The first-order chi connectivity index (χ1) is 20.6. The second-order valence-corrected chi connectivity index (χ2v) is 10.8. The summed E-state index contributed by atoms with van der Waals surface area (Å²) in [7, 11) is 0. The molecule has 1 unspecified atom stereocenters. The molecule has 0 amide bonds. The molecule has 5 aromatic rings. The lowest BCUT2D eigenvalue weighted by Crippen LogP contribution is -2.46. The fraction of sp³-hybridized carbons (Fsp3) is 0.312. The van der Waals surface area contributed by atoms with Gasteiger partial charge in [0.1, 0.15) is 18.2 Å². The number of hydrogen-bond acceptors (Lipinski definition) is 8. The second kappa shape index (κ2) is 11.4. The molecule has 10 heteroatoms. The Hall–Kier alpha value is -4.54. The van der Waals surface area contributed by atoms with E-state index in [2.05, 4.69) is 37.5 Å².